The Labute approximate surface area is 227 Å². The van der Waals surface area contributed by atoms with Gasteiger partial charge in [0.25, 0.3) is 5.56 Å². The second-order valence-corrected chi connectivity index (χ2v) is 9.42. The van der Waals surface area contributed by atoms with E-state index in [4.69, 9.17) is 4.74 Å². The Morgan fingerprint density at radius 1 is 1.23 bits per heavy atom. The van der Waals surface area contributed by atoms with Crippen LogP contribution in [0.5, 0.6) is 5.75 Å². The van der Waals surface area contributed by atoms with E-state index in [1.807, 2.05) is 50.5 Å². The molecular weight excluding hydrogens is 496 g/mol. The minimum Gasteiger partial charge on any atom is -0.494 e. The first-order valence-corrected chi connectivity index (χ1v) is 12.5. The zero-order valence-electron chi connectivity index (χ0n) is 22.9. The van der Waals surface area contributed by atoms with Crippen LogP contribution in [0.1, 0.15) is 5.56 Å². The van der Waals surface area contributed by atoms with Crippen LogP contribution in [-0.2, 0) is 11.8 Å². The monoisotopic (exact) mass is 530 g/mol. The second-order valence-electron chi connectivity index (χ2n) is 9.42. The number of fused-ring (bicyclic) bond motifs is 1. The summed E-state index contributed by atoms with van der Waals surface area (Å²) in [5.41, 5.74) is 3.59. The molecule has 1 amide bonds. The number of nitrogens with one attached hydrogen (secondary N) is 3. The number of aromatic nitrogens is 3. The van der Waals surface area contributed by atoms with Crippen molar-refractivity contribution in [2.75, 3.05) is 63.4 Å². The van der Waals surface area contributed by atoms with Gasteiger partial charge in [-0.2, -0.15) is 4.98 Å². The molecule has 11 heteroatoms. The number of anilines is 4. The summed E-state index contributed by atoms with van der Waals surface area (Å²) in [5.74, 6) is 0.478. The molecule has 0 spiro atoms. The lowest BCUT2D eigenvalue weighted by Crippen LogP contribution is -2.29. The van der Waals surface area contributed by atoms with Gasteiger partial charge in [-0.15, -0.1) is 0 Å². The number of methoxy groups -OCH3 is 1. The first kappa shape index (κ1) is 27.4. The van der Waals surface area contributed by atoms with E-state index >= 15 is 0 Å². The molecule has 3 heterocycles. The topological polar surface area (TPSA) is 117 Å². The van der Waals surface area contributed by atoms with Crippen molar-refractivity contribution in [2.45, 2.75) is 0 Å². The molecule has 0 saturated carbocycles. The fraction of sp³-hybridized carbons (Fsp3) is 0.286. The Hall–Kier alpha value is -4.64. The maximum absolute atomic E-state index is 13.1. The van der Waals surface area contributed by atoms with Gasteiger partial charge in [-0.25, -0.2) is 4.98 Å². The highest BCUT2D eigenvalue weighted by Crippen LogP contribution is 2.38. The minimum atomic E-state index is -0.334. The molecule has 0 fully saturated rings. The third-order valence-corrected chi connectivity index (χ3v) is 6.35. The number of ether oxygens (including phenoxy) is 1. The third-order valence-electron chi connectivity index (χ3n) is 6.35. The van der Waals surface area contributed by atoms with Crippen LogP contribution in [0.15, 0.2) is 60.2 Å². The maximum atomic E-state index is 13.1. The van der Waals surface area contributed by atoms with Crippen molar-refractivity contribution in [3.05, 3.63) is 71.3 Å². The van der Waals surface area contributed by atoms with Gasteiger partial charge in [0.15, 0.2) is 0 Å². The van der Waals surface area contributed by atoms with Gasteiger partial charge in [-0.3, -0.25) is 14.2 Å². The number of dihydropyridines is 1. The van der Waals surface area contributed by atoms with Crippen LogP contribution in [0.4, 0.5) is 23.0 Å². The first-order valence-electron chi connectivity index (χ1n) is 12.5. The smallest absolute Gasteiger partial charge is 0.259 e. The molecule has 0 bridgehead atoms. The summed E-state index contributed by atoms with van der Waals surface area (Å²) in [4.78, 5) is 38.6. The molecule has 11 nitrogen and oxygen atoms in total. The number of allylic oxidation sites excluding steroid dienone is 2. The molecule has 0 atom stereocenters. The van der Waals surface area contributed by atoms with Crippen LogP contribution >= 0.6 is 0 Å². The molecule has 4 rings (SSSR count). The minimum absolute atomic E-state index is 0.163. The fourth-order valence-electron chi connectivity index (χ4n) is 4.18. The molecule has 0 radical (unpaired) electrons. The largest absolute Gasteiger partial charge is 0.494 e. The van der Waals surface area contributed by atoms with Crippen LogP contribution in [-0.4, -0.2) is 73.2 Å². The summed E-state index contributed by atoms with van der Waals surface area (Å²) in [7, 11) is 9.22. The number of rotatable bonds is 10. The van der Waals surface area contributed by atoms with E-state index < -0.39 is 0 Å². The predicted molar refractivity (Wildman–Crippen MR) is 157 cm³/mol. The van der Waals surface area contributed by atoms with Gasteiger partial charge in [0.05, 0.1) is 24.2 Å². The Balaban J connectivity index is 1.72. The molecule has 204 valence electrons. The van der Waals surface area contributed by atoms with Crippen LogP contribution in [0, 0.1) is 0 Å². The summed E-state index contributed by atoms with van der Waals surface area (Å²) in [6.45, 7) is 5.84. The van der Waals surface area contributed by atoms with Crippen LogP contribution < -0.4 is 31.1 Å². The molecule has 1 aliphatic heterocycles. The Bertz CT molecular complexity index is 1520. The quantitative estimate of drug-likeness (QED) is 0.340. The van der Waals surface area contributed by atoms with Crippen molar-refractivity contribution in [3.8, 4) is 5.75 Å². The van der Waals surface area contributed by atoms with Crippen molar-refractivity contribution >= 4 is 45.5 Å². The molecule has 0 saturated heterocycles. The normalized spacial score (nSPS) is 12.6. The summed E-state index contributed by atoms with van der Waals surface area (Å²) < 4.78 is 7.18. The summed E-state index contributed by atoms with van der Waals surface area (Å²) in [6, 6.07) is 5.41. The Kier molecular flexibility index (Phi) is 8.30. The van der Waals surface area contributed by atoms with Gasteiger partial charge in [-0.1, -0.05) is 18.7 Å². The summed E-state index contributed by atoms with van der Waals surface area (Å²) >= 11 is 0. The molecule has 39 heavy (non-hydrogen) atoms. The molecule has 2 aromatic heterocycles. The number of aryl methyl sites for hydroxylation is 1. The van der Waals surface area contributed by atoms with E-state index in [9.17, 15) is 9.59 Å². The van der Waals surface area contributed by atoms with E-state index in [0.29, 0.717) is 28.3 Å². The van der Waals surface area contributed by atoms with Gasteiger partial charge in [-0.05, 0) is 32.3 Å². The van der Waals surface area contributed by atoms with Gasteiger partial charge in [0.1, 0.15) is 11.4 Å². The summed E-state index contributed by atoms with van der Waals surface area (Å²) in [6.07, 6.45) is 8.61. The standard InChI is InChI=1S/C28H34N8O3/c1-7-25(37)31-21-14-22(24(39-6)15-23(21)35(4)12-11-34(2)3)32-28-30-17-19-13-20(18-9-8-10-29-16-18)27(38)36(5)26(19)33-28/h7-9,13-17,29H,1,10-12H2,2-6H3,(H,31,37)(H,30,32,33). The van der Waals surface area contributed by atoms with Crippen molar-refractivity contribution < 1.29 is 9.53 Å². The molecular formula is C28H34N8O3. The highest BCUT2D eigenvalue weighted by Gasteiger charge is 2.18. The molecule has 0 aliphatic carbocycles. The van der Waals surface area contributed by atoms with E-state index in [1.165, 1.54) is 10.6 Å². The van der Waals surface area contributed by atoms with Gasteiger partial charge < -0.3 is 30.5 Å². The maximum Gasteiger partial charge on any atom is 0.259 e. The molecule has 1 aromatic carbocycles. The third kappa shape index (κ3) is 6.10. The number of hydrogen-bond acceptors (Lipinski definition) is 9. The zero-order chi connectivity index (χ0) is 28.1. The average molecular weight is 531 g/mol. The predicted octanol–water partition coefficient (Wildman–Crippen LogP) is 2.70. The summed E-state index contributed by atoms with van der Waals surface area (Å²) in [5, 5.41) is 9.92. The highest BCUT2D eigenvalue weighted by molar-refractivity contribution is 6.02. The molecule has 0 unspecified atom stereocenters. The Morgan fingerprint density at radius 2 is 2.03 bits per heavy atom. The molecule has 3 N–H and O–H groups in total. The average Bonchev–Trinajstić information content (AvgIpc) is 2.94. The van der Waals surface area contributed by atoms with E-state index in [2.05, 4.69) is 37.4 Å². The number of carbonyl (C=O) groups excluding carboxylic acids is 1. The molecule has 1 aliphatic rings. The van der Waals surface area contributed by atoms with E-state index in [1.54, 1.807) is 32.5 Å². The SMILES string of the molecule is C=CC(=O)Nc1cc(Nc2ncc3cc(C4=CNCC=C4)c(=O)n(C)c3n2)c(OC)cc1N(C)CCN(C)C. The van der Waals surface area contributed by atoms with Crippen molar-refractivity contribution in [1.29, 1.82) is 0 Å². The first-order chi connectivity index (χ1) is 18.7. The van der Waals surface area contributed by atoms with Crippen molar-refractivity contribution in [3.63, 3.8) is 0 Å². The second kappa shape index (κ2) is 11.8. The fourth-order valence-corrected chi connectivity index (χ4v) is 4.18. The number of amides is 1. The van der Waals surface area contributed by atoms with Gasteiger partial charge in [0.2, 0.25) is 11.9 Å². The number of carbonyl (C=O) groups is 1. The van der Waals surface area contributed by atoms with Gasteiger partial charge in [0, 0.05) is 68.7 Å². The van der Waals surface area contributed by atoms with E-state index in [0.717, 1.165) is 36.3 Å². The van der Waals surface area contributed by atoms with Crippen molar-refractivity contribution in [1.82, 2.24) is 24.8 Å². The van der Waals surface area contributed by atoms with Crippen molar-refractivity contribution in [2.24, 2.45) is 7.05 Å². The van der Waals surface area contributed by atoms with Crippen LogP contribution in [0.3, 0.4) is 0 Å². The number of benzene rings is 1. The van der Waals surface area contributed by atoms with Gasteiger partial charge >= 0.3 is 0 Å². The molecule has 3 aromatic rings. The lowest BCUT2D eigenvalue weighted by atomic mass is 10.1. The van der Waals surface area contributed by atoms with Crippen LogP contribution in [0.25, 0.3) is 16.6 Å². The van der Waals surface area contributed by atoms with E-state index in [-0.39, 0.29) is 17.4 Å². The van der Waals surface area contributed by atoms with Crippen LogP contribution in [0.2, 0.25) is 0 Å². The number of likely N-dealkylation sites (N-methyl/N-ethyl adjacent to an activating group) is 2. The number of pyridine rings is 1. The number of hydrogen-bond donors (Lipinski definition) is 3. The lowest BCUT2D eigenvalue weighted by molar-refractivity contribution is -0.111. The highest BCUT2D eigenvalue weighted by atomic mass is 16.5. The zero-order valence-corrected chi connectivity index (χ0v) is 22.9. The lowest BCUT2D eigenvalue weighted by Gasteiger charge is -2.26. The number of nitrogens with zero attached hydrogens (tertiary/aromatic N) is 5. The Morgan fingerprint density at radius 3 is 2.69 bits per heavy atom.